The number of carbonyl (C=O) groups excluding carboxylic acids is 2. The molecule has 1 spiro atoms. The Kier molecular flexibility index (Phi) is 4.49. The third-order valence-corrected chi connectivity index (χ3v) is 6.33. The molecule has 1 N–H and O–H groups in total. The molecular formula is C23H25N3O3. The highest BCUT2D eigenvalue weighted by Gasteiger charge is 2.44. The average molecular weight is 391 g/mol. The molecule has 0 unspecified atom stereocenters. The van der Waals surface area contributed by atoms with Gasteiger partial charge in [0.1, 0.15) is 11.3 Å². The van der Waals surface area contributed by atoms with E-state index >= 15 is 0 Å². The highest BCUT2D eigenvalue weighted by molar-refractivity contribution is 6.39. The lowest BCUT2D eigenvalue weighted by molar-refractivity contribution is -0.115. The molecule has 2 aromatic carbocycles. The summed E-state index contributed by atoms with van der Waals surface area (Å²) >= 11 is 0. The van der Waals surface area contributed by atoms with Crippen molar-refractivity contribution in [2.45, 2.75) is 37.7 Å². The standard InChI is InChI=1S/C23H25N3O3/c27-21(24-15-16-8-9-16)20-14-23(29-25-20)10-12-26(13-11-23)22(28)19-7-3-5-17-4-1-2-6-18(17)19/h1-7,16H,8-15H2,(H,24,27). The fourth-order valence-corrected chi connectivity index (χ4v) is 4.27. The third-order valence-electron chi connectivity index (χ3n) is 6.33. The van der Waals surface area contributed by atoms with Crippen LogP contribution in [0.2, 0.25) is 0 Å². The number of benzene rings is 2. The van der Waals surface area contributed by atoms with Crippen molar-refractivity contribution in [1.29, 1.82) is 0 Å². The van der Waals surface area contributed by atoms with Crippen LogP contribution in [0.1, 0.15) is 42.5 Å². The molecular weight excluding hydrogens is 366 g/mol. The van der Waals surface area contributed by atoms with Gasteiger partial charge in [0.05, 0.1) is 0 Å². The summed E-state index contributed by atoms with van der Waals surface area (Å²) in [4.78, 5) is 33.1. The smallest absolute Gasteiger partial charge is 0.269 e. The van der Waals surface area contributed by atoms with Crippen LogP contribution in [0.4, 0.5) is 0 Å². The second kappa shape index (κ2) is 7.17. The highest BCUT2D eigenvalue weighted by Crippen LogP contribution is 2.35. The van der Waals surface area contributed by atoms with E-state index in [9.17, 15) is 9.59 Å². The second-order valence-electron chi connectivity index (χ2n) is 8.46. The molecule has 2 amide bonds. The van der Waals surface area contributed by atoms with Crippen molar-refractivity contribution >= 4 is 28.3 Å². The number of carbonyl (C=O) groups is 2. The number of oxime groups is 1. The summed E-state index contributed by atoms with van der Waals surface area (Å²) in [5, 5.41) is 9.09. The quantitative estimate of drug-likeness (QED) is 0.871. The fourth-order valence-electron chi connectivity index (χ4n) is 4.27. The molecule has 1 aliphatic carbocycles. The molecule has 5 rings (SSSR count). The molecule has 3 aliphatic rings. The van der Waals surface area contributed by atoms with Crippen molar-refractivity contribution in [1.82, 2.24) is 10.2 Å². The predicted molar refractivity (Wildman–Crippen MR) is 111 cm³/mol. The normalized spacial score (nSPS) is 20.4. The predicted octanol–water partition coefficient (Wildman–Crippen LogP) is 3.12. The summed E-state index contributed by atoms with van der Waals surface area (Å²) in [6, 6.07) is 13.8. The number of hydrogen-bond acceptors (Lipinski definition) is 4. The van der Waals surface area contributed by atoms with E-state index in [-0.39, 0.29) is 11.8 Å². The van der Waals surface area contributed by atoms with Gasteiger partial charge in [-0.1, -0.05) is 41.6 Å². The van der Waals surface area contributed by atoms with Gasteiger partial charge in [-0.25, -0.2) is 0 Å². The first-order valence-corrected chi connectivity index (χ1v) is 10.4. The van der Waals surface area contributed by atoms with Gasteiger partial charge in [0, 0.05) is 44.5 Å². The van der Waals surface area contributed by atoms with Crippen LogP contribution in [0.5, 0.6) is 0 Å². The number of likely N-dealkylation sites (tertiary alicyclic amines) is 1. The minimum absolute atomic E-state index is 0.0537. The van der Waals surface area contributed by atoms with E-state index < -0.39 is 5.60 Å². The molecule has 6 heteroatoms. The monoisotopic (exact) mass is 391 g/mol. The first-order valence-electron chi connectivity index (χ1n) is 10.4. The molecule has 0 atom stereocenters. The van der Waals surface area contributed by atoms with E-state index in [0.717, 1.165) is 22.9 Å². The van der Waals surface area contributed by atoms with Gasteiger partial charge in [0.25, 0.3) is 11.8 Å². The Morgan fingerprint density at radius 1 is 1.10 bits per heavy atom. The van der Waals surface area contributed by atoms with E-state index in [1.165, 1.54) is 12.8 Å². The van der Waals surface area contributed by atoms with Crippen molar-refractivity contribution in [2.75, 3.05) is 19.6 Å². The summed E-state index contributed by atoms with van der Waals surface area (Å²) < 4.78 is 0. The molecule has 2 fully saturated rings. The molecule has 150 valence electrons. The topological polar surface area (TPSA) is 71.0 Å². The number of nitrogens with one attached hydrogen (secondary N) is 1. The van der Waals surface area contributed by atoms with Crippen LogP contribution in [0.25, 0.3) is 10.8 Å². The molecule has 0 bridgehead atoms. The molecule has 0 aromatic heterocycles. The first-order chi connectivity index (χ1) is 14.1. The number of rotatable bonds is 4. The van der Waals surface area contributed by atoms with E-state index in [4.69, 9.17) is 4.84 Å². The average Bonchev–Trinajstić information content (AvgIpc) is 3.51. The minimum atomic E-state index is -0.443. The van der Waals surface area contributed by atoms with Crippen molar-refractivity contribution in [3.8, 4) is 0 Å². The van der Waals surface area contributed by atoms with Gasteiger partial charge in [0.15, 0.2) is 0 Å². The minimum Gasteiger partial charge on any atom is -0.388 e. The molecule has 2 aromatic rings. The zero-order valence-corrected chi connectivity index (χ0v) is 16.4. The Bertz CT molecular complexity index is 983. The highest BCUT2D eigenvalue weighted by atomic mass is 16.7. The number of fused-ring (bicyclic) bond motifs is 1. The first kappa shape index (κ1) is 18.2. The van der Waals surface area contributed by atoms with Crippen LogP contribution in [-0.2, 0) is 9.63 Å². The van der Waals surface area contributed by atoms with Gasteiger partial charge in [-0.15, -0.1) is 0 Å². The number of hydrogen-bond donors (Lipinski definition) is 1. The lowest BCUT2D eigenvalue weighted by Gasteiger charge is -2.37. The molecule has 1 saturated carbocycles. The summed E-state index contributed by atoms with van der Waals surface area (Å²) in [7, 11) is 0. The number of piperidine rings is 1. The number of amides is 2. The second-order valence-corrected chi connectivity index (χ2v) is 8.46. The van der Waals surface area contributed by atoms with Crippen molar-refractivity contribution in [3.63, 3.8) is 0 Å². The van der Waals surface area contributed by atoms with Crippen LogP contribution >= 0.6 is 0 Å². The Balaban J connectivity index is 1.21. The molecule has 1 saturated heterocycles. The van der Waals surface area contributed by atoms with E-state index in [0.29, 0.717) is 44.0 Å². The molecule has 0 radical (unpaired) electrons. The maximum atomic E-state index is 13.1. The van der Waals surface area contributed by atoms with Crippen LogP contribution in [0, 0.1) is 5.92 Å². The van der Waals surface area contributed by atoms with E-state index in [2.05, 4.69) is 10.5 Å². The van der Waals surface area contributed by atoms with Gasteiger partial charge < -0.3 is 15.1 Å². The maximum absolute atomic E-state index is 13.1. The van der Waals surface area contributed by atoms with Gasteiger partial charge in [0.2, 0.25) is 0 Å². The van der Waals surface area contributed by atoms with Crippen LogP contribution in [0.3, 0.4) is 0 Å². The summed E-state index contributed by atoms with van der Waals surface area (Å²) in [6.45, 7) is 1.95. The summed E-state index contributed by atoms with van der Waals surface area (Å²) in [5.74, 6) is 0.583. The summed E-state index contributed by atoms with van der Waals surface area (Å²) in [5.41, 5.74) is 0.782. The van der Waals surface area contributed by atoms with Crippen molar-refractivity contribution in [3.05, 3.63) is 48.0 Å². The molecule has 2 aliphatic heterocycles. The maximum Gasteiger partial charge on any atom is 0.269 e. The van der Waals surface area contributed by atoms with Crippen LogP contribution in [0.15, 0.2) is 47.6 Å². The molecule has 2 heterocycles. The van der Waals surface area contributed by atoms with Gasteiger partial charge in [-0.05, 0) is 35.6 Å². The Labute approximate surface area is 169 Å². The van der Waals surface area contributed by atoms with E-state index in [1.54, 1.807) is 0 Å². The van der Waals surface area contributed by atoms with Crippen molar-refractivity contribution in [2.24, 2.45) is 11.1 Å². The lowest BCUT2D eigenvalue weighted by atomic mass is 9.86. The van der Waals surface area contributed by atoms with Crippen LogP contribution < -0.4 is 5.32 Å². The molecule has 6 nitrogen and oxygen atoms in total. The molecule has 29 heavy (non-hydrogen) atoms. The Hall–Kier alpha value is -2.89. The van der Waals surface area contributed by atoms with Gasteiger partial charge in [-0.3, -0.25) is 9.59 Å². The van der Waals surface area contributed by atoms with Crippen molar-refractivity contribution < 1.29 is 14.4 Å². The number of nitrogens with zero attached hydrogens (tertiary/aromatic N) is 2. The van der Waals surface area contributed by atoms with Crippen LogP contribution in [-0.4, -0.2) is 47.7 Å². The Morgan fingerprint density at radius 3 is 2.66 bits per heavy atom. The SMILES string of the molecule is O=C(NCC1CC1)C1=NOC2(CCN(C(=O)c3cccc4ccccc34)CC2)C1. The fraction of sp³-hybridized carbons (Fsp3) is 0.435. The summed E-state index contributed by atoms with van der Waals surface area (Å²) in [6.07, 6.45) is 4.31. The largest absolute Gasteiger partial charge is 0.388 e. The van der Waals surface area contributed by atoms with Gasteiger partial charge >= 0.3 is 0 Å². The van der Waals surface area contributed by atoms with Gasteiger partial charge in [-0.2, -0.15) is 0 Å². The third kappa shape index (κ3) is 3.59. The Morgan fingerprint density at radius 2 is 1.86 bits per heavy atom. The lowest BCUT2D eigenvalue weighted by Crippen LogP contribution is -2.47. The zero-order valence-electron chi connectivity index (χ0n) is 16.4. The van der Waals surface area contributed by atoms with E-state index in [1.807, 2.05) is 47.4 Å². The zero-order chi connectivity index (χ0) is 19.8.